The Labute approximate surface area is 65.4 Å². The van der Waals surface area contributed by atoms with Gasteiger partial charge in [-0.3, -0.25) is 4.52 Å². The Morgan fingerprint density at radius 3 is 2.50 bits per heavy atom. The first-order valence-electron chi connectivity index (χ1n) is 2.84. The number of aromatic nitrogens is 2. The quantitative estimate of drug-likeness (QED) is 0.453. The Bertz CT molecular complexity index is 199. The van der Waals surface area contributed by atoms with Gasteiger partial charge in [0.2, 0.25) is 5.27 Å². The Kier molecular flexibility index (Phi) is 3.15. The highest BCUT2D eigenvalue weighted by Crippen LogP contribution is 1.94. The molecule has 0 unspecified atom stereocenters. The van der Waals surface area contributed by atoms with Crippen molar-refractivity contribution in [1.82, 2.24) is 5.27 Å². The summed E-state index contributed by atoms with van der Waals surface area (Å²) in [6.45, 7) is 4.00. The van der Waals surface area contributed by atoms with Gasteiger partial charge in [0.15, 0.2) is 6.04 Å². The predicted octanol–water partition coefficient (Wildman–Crippen LogP) is -2.87. The van der Waals surface area contributed by atoms with Crippen LogP contribution in [0, 0.1) is 0 Å². The number of nitrogen functional groups attached to an aromatic ring is 1. The highest BCUT2D eigenvalue weighted by Gasteiger charge is 2.11. The molecular formula is C5H10ClN3O. The van der Waals surface area contributed by atoms with Crippen LogP contribution in [-0.2, 0) is 0 Å². The summed E-state index contributed by atoms with van der Waals surface area (Å²) in [5.74, 6) is 0.351. The third-order valence-electron chi connectivity index (χ3n) is 1.03. The zero-order chi connectivity index (χ0) is 6.85. The lowest BCUT2D eigenvalue weighted by Gasteiger charge is -1.85. The summed E-state index contributed by atoms with van der Waals surface area (Å²) in [5.41, 5.74) is 5.27. The molecule has 0 aliphatic carbocycles. The first-order chi connectivity index (χ1) is 4.20. The minimum atomic E-state index is 0. The van der Waals surface area contributed by atoms with Gasteiger partial charge >= 0.3 is 0 Å². The molecule has 58 valence electrons. The number of nitrogens with zero attached hydrogens (tertiary/aromatic N) is 2. The van der Waals surface area contributed by atoms with Crippen LogP contribution >= 0.6 is 0 Å². The number of rotatable bonds is 1. The Balaban J connectivity index is 0.000000810. The summed E-state index contributed by atoms with van der Waals surface area (Å²) in [7, 11) is 0. The summed E-state index contributed by atoms with van der Waals surface area (Å²) in [6, 6.07) is 0.311. The molecule has 2 N–H and O–H groups in total. The SMILES string of the molecule is CC(C)[n+]1cc(N)on1.[Cl-]. The number of hydrogen-bond acceptors (Lipinski definition) is 3. The standard InChI is InChI=1S/C5H10N3O.ClH/c1-4(2)8-3-5(6)9-7-8;/h3-4H,6H2,1-2H3;1H/q+1;/p-1. The molecule has 1 rings (SSSR count). The molecule has 0 aromatic carbocycles. The molecule has 0 radical (unpaired) electrons. The monoisotopic (exact) mass is 163 g/mol. The normalized spacial score (nSPS) is 9.50. The molecule has 10 heavy (non-hydrogen) atoms. The second-order valence-corrected chi connectivity index (χ2v) is 2.18. The molecule has 0 bridgehead atoms. The minimum Gasteiger partial charge on any atom is -1.00 e. The molecule has 0 aliphatic heterocycles. The molecule has 0 amide bonds. The van der Waals surface area contributed by atoms with Gasteiger partial charge in [-0.25, -0.2) is 0 Å². The van der Waals surface area contributed by atoms with E-state index in [4.69, 9.17) is 5.73 Å². The van der Waals surface area contributed by atoms with Crippen molar-refractivity contribution in [2.45, 2.75) is 19.9 Å². The van der Waals surface area contributed by atoms with Crippen LogP contribution in [-0.4, -0.2) is 5.27 Å². The molecule has 0 spiro atoms. The Morgan fingerprint density at radius 1 is 1.70 bits per heavy atom. The van der Waals surface area contributed by atoms with Gasteiger partial charge in [0.25, 0.3) is 12.1 Å². The van der Waals surface area contributed by atoms with Crippen LogP contribution in [0.5, 0.6) is 0 Å². The van der Waals surface area contributed by atoms with E-state index >= 15 is 0 Å². The minimum absolute atomic E-state index is 0. The maximum Gasteiger partial charge on any atom is 0.293 e. The summed E-state index contributed by atoms with van der Waals surface area (Å²) in [6.07, 6.45) is 1.66. The lowest BCUT2D eigenvalue weighted by molar-refractivity contribution is -0.779. The third kappa shape index (κ3) is 1.88. The van der Waals surface area contributed by atoms with E-state index < -0.39 is 0 Å². The van der Waals surface area contributed by atoms with E-state index in [-0.39, 0.29) is 12.4 Å². The zero-order valence-electron chi connectivity index (χ0n) is 5.91. The van der Waals surface area contributed by atoms with Crippen LogP contribution in [0.2, 0.25) is 0 Å². The lowest BCUT2D eigenvalue weighted by atomic mass is 10.4. The van der Waals surface area contributed by atoms with E-state index in [1.807, 2.05) is 13.8 Å². The van der Waals surface area contributed by atoms with Crippen LogP contribution in [0.15, 0.2) is 10.7 Å². The largest absolute Gasteiger partial charge is 1.00 e. The van der Waals surface area contributed by atoms with Crippen molar-refractivity contribution in [3.05, 3.63) is 6.20 Å². The van der Waals surface area contributed by atoms with Crippen molar-refractivity contribution >= 4 is 5.88 Å². The Morgan fingerprint density at radius 2 is 2.30 bits per heavy atom. The van der Waals surface area contributed by atoms with Gasteiger partial charge in [0.05, 0.1) is 0 Å². The highest BCUT2D eigenvalue weighted by atomic mass is 35.5. The second-order valence-electron chi connectivity index (χ2n) is 2.18. The lowest BCUT2D eigenvalue weighted by Crippen LogP contribution is -3.00. The topological polar surface area (TPSA) is 55.9 Å². The summed E-state index contributed by atoms with van der Waals surface area (Å²) in [5, 5.41) is 3.63. The van der Waals surface area contributed by atoms with E-state index in [2.05, 4.69) is 9.79 Å². The molecule has 0 aliphatic rings. The second kappa shape index (κ2) is 3.41. The van der Waals surface area contributed by atoms with Crippen molar-refractivity contribution in [2.24, 2.45) is 0 Å². The van der Waals surface area contributed by atoms with E-state index in [1.165, 1.54) is 0 Å². The van der Waals surface area contributed by atoms with Gasteiger partial charge in [-0.1, -0.05) is 0 Å². The molecule has 0 saturated heterocycles. The number of nitrogens with two attached hydrogens (primary N) is 1. The predicted molar refractivity (Wildman–Crippen MR) is 31.5 cm³/mol. The molecule has 0 fully saturated rings. The Hall–Kier alpha value is -0.770. The van der Waals surface area contributed by atoms with Crippen LogP contribution in [0.1, 0.15) is 19.9 Å². The van der Waals surface area contributed by atoms with Gasteiger partial charge in [0, 0.05) is 0 Å². The van der Waals surface area contributed by atoms with E-state index in [0.29, 0.717) is 11.9 Å². The van der Waals surface area contributed by atoms with Gasteiger partial charge in [-0.15, -0.1) is 0 Å². The average Bonchev–Trinajstić information content (AvgIpc) is 2.14. The van der Waals surface area contributed by atoms with Crippen molar-refractivity contribution in [2.75, 3.05) is 5.73 Å². The van der Waals surface area contributed by atoms with Crippen molar-refractivity contribution < 1.29 is 21.6 Å². The fourth-order valence-electron chi connectivity index (χ4n) is 0.515. The van der Waals surface area contributed by atoms with Gasteiger partial charge in [-0.2, -0.15) is 0 Å². The van der Waals surface area contributed by atoms with E-state index in [0.717, 1.165) is 0 Å². The molecule has 1 aromatic heterocycles. The molecule has 5 heteroatoms. The summed E-state index contributed by atoms with van der Waals surface area (Å²) < 4.78 is 6.28. The first kappa shape index (κ1) is 9.23. The highest BCUT2D eigenvalue weighted by molar-refractivity contribution is 5.11. The maximum atomic E-state index is 5.27. The van der Waals surface area contributed by atoms with Crippen LogP contribution in [0.3, 0.4) is 0 Å². The molecule has 1 heterocycles. The van der Waals surface area contributed by atoms with Gasteiger partial charge in [-0.05, 0) is 18.5 Å². The number of anilines is 1. The van der Waals surface area contributed by atoms with Crippen molar-refractivity contribution in [3.63, 3.8) is 0 Å². The van der Waals surface area contributed by atoms with Crippen LogP contribution < -0.4 is 22.8 Å². The molecule has 0 saturated carbocycles. The molecular weight excluding hydrogens is 154 g/mol. The third-order valence-corrected chi connectivity index (χ3v) is 1.03. The van der Waals surface area contributed by atoms with Crippen molar-refractivity contribution in [1.29, 1.82) is 0 Å². The smallest absolute Gasteiger partial charge is 0.293 e. The number of hydrogen-bond donors (Lipinski definition) is 1. The van der Waals surface area contributed by atoms with Crippen LogP contribution in [0.25, 0.3) is 0 Å². The van der Waals surface area contributed by atoms with E-state index in [1.54, 1.807) is 10.9 Å². The summed E-state index contributed by atoms with van der Waals surface area (Å²) in [4.78, 5) is 0. The summed E-state index contributed by atoms with van der Waals surface area (Å²) >= 11 is 0. The molecule has 0 atom stereocenters. The van der Waals surface area contributed by atoms with Gasteiger partial charge < -0.3 is 18.1 Å². The maximum absolute atomic E-state index is 5.27. The first-order valence-corrected chi connectivity index (χ1v) is 2.84. The van der Waals surface area contributed by atoms with Crippen LogP contribution in [0.4, 0.5) is 5.88 Å². The van der Waals surface area contributed by atoms with Crippen molar-refractivity contribution in [3.8, 4) is 0 Å². The molecule has 4 nitrogen and oxygen atoms in total. The zero-order valence-corrected chi connectivity index (χ0v) is 6.67. The van der Waals surface area contributed by atoms with E-state index in [9.17, 15) is 0 Å². The average molecular weight is 164 g/mol. The van der Waals surface area contributed by atoms with Gasteiger partial charge in [0.1, 0.15) is 0 Å². The number of halogens is 1. The fraction of sp³-hybridized carbons (Fsp3) is 0.600. The fourth-order valence-corrected chi connectivity index (χ4v) is 0.515. The molecule has 1 aromatic rings.